The lowest BCUT2D eigenvalue weighted by Gasteiger charge is -2.49. The molecule has 13 heteroatoms. The molecule has 2 N–H and O–H groups in total. The molecule has 1 aromatic carbocycles. The van der Waals surface area contributed by atoms with Gasteiger partial charge in [-0.05, 0) is 24.6 Å². The van der Waals surface area contributed by atoms with Crippen LogP contribution in [0.2, 0.25) is 0 Å². The van der Waals surface area contributed by atoms with Crippen LogP contribution in [0.15, 0.2) is 50.8 Å². The molecule has 1 saturated heterocycles. The number of nitrogens with zero attached hydrogens (tertiary/aromatic N) is 3. The van der Waals surface area contributed by atoms with Crippen LogP contribution in [-0.4, -0.2) is 70.9 Å². The molecule has 2 amide bonds. The molecule has 3 atom stereocenters. The maximum absolute atomic E-state index is 12.7. The second-order valence-electron chi connectivity index (χ2n) is 6.89. The van der Waals surface area contributed by atoms with Crippen molar-refractivity contribution < 1.29 is 23.7 Å². The van der Waals surface area contributed by atoms with Gasteiger partial charge in [-0.15, -0.1) is 22.0 Å². The van der Waals surface area contributed by atoms with Crippen molar-refractivity contribution in [1.29, 1.82) is 0 Å². The number of aliphatic carboxylic acids is 1. The van der Waals surface area contributed by atoms with Crippen molar-refractivity contribution in [3.63, 3.8) is 0 Å². The van der Waals surface area contributed by atoms with E-state index in [0.29, 0.717) is 22.0 Å². The lowest BCUT2D eigenvalue weighted by Crippen LogP contribution is -2.70. The number of β-lactam (4-membered cyclic amide) rings is 1. The Labute approximate surface area is 198 Å². The number of fused-ring (bicyclic) bond motifs is 1. The number of aromatic nitrogens is 2. The fourth-order valence-corrected chi connectivity index (χ4v) is 7.52. The fraction of sp³-hybridized carbons (Fsp3) is 0.316. The van der Waals surface area contributed by atoms with Gasteiger partial charge in [0.25, 0.3) is 5.91 Å². The lowest BCUT2D eigenvalue weighted by atomic mass is 10.0. The first-order valence-electron chi connectivity index (χ1n) is 9.41. The topological polar surface area (TPSA) is 130 Å². The van der Waals surface area contributed by atoms with E-state index in [1.807, 2.05) is 6.92 Å². The van der Waals surface area contributed by atoms with E-state index in [1.54, 1.807) is 30.3 Å². The standard InChI is InChI=1S/C19H18N4O5S4/c1-10-21-22-19(31-10)30-8-11-7-29-17-14(16(25)23(17)15(11)18(26)27)20-13(24)9-32(28)12-5-3-2-4-6-12/h2-6,14,17H,7-9H2,1H3,(H,20,24)(H,26,27)/t14?,17-,32?/m0/s1. The van der Waals surface area contributed by atoms with Gasteiger partial charge >= 0.3 is 5.97 Å². The molecule has 3 heterocycles. The zero-order valence-electron chi connectivity index (χ0n) is 16.7. The van der Waals surface area contributed by atoms with E-state index in [-0.39, 0.29) is 11.4 Å². The van der Waals surface area contributed by atoms with Gasteiger partial charge in [-0.3, -0.25) is 18.7 Å². The number of benzene rings is 1. The molecular weight excluding hydrogens is 493 g/mol. The third-order valence-corrected chi connectivity index (χ3v) is 9.43. The summed E-state index contributed by atoms with van der Waals surface area (Å²) in [4.78, 5) is 38.8. The summed E-state index contributed by atoms with van der Waals surface area (Å²) >= 11 is 4.20. The maximum atomic E-state index is 12.7. The van der Waals surface area contributed by atoms with Crippen molar-refractivity contribution in [2.75, 3.05) is 17.3 Å². The van der Waals surface area contributed by atoms with E-state index >= 15 is 0 Å². The summed E-state index contributed by atoms with van der Waals surface area (Å²) in [5, 5.41) is 20.7. The number of carboxylic acid groups (broad SMARTS) is 1. The van der Waals surface area contributed by atoms with Crippen LogP contribution in [-0.2, 0) is 25.2 Å². The molecule has 1 fully saturated rings. The van der Waals surface area contributed by atoms with E-state index in [2.05, 4.69) is 15.5 Å². The highest BCUT2D eigenvalue weighted by atomic mass is 32.2. The lowest BCUT2D eigenvalue weighted by molar-refractivity contribution is -0.150. The van der Waals surface area contributed by atoms with E-state index in [4.69, 9.17) is 0 Å². The highest BCUT2D eigenvalue weighted by Gasteiger charge is 2.54. The average molecular weight is 511 g/mol. The van der Waals surface area contributed by atoms with Gasteiger partial charge in [-0.25, -0.2) is 4.79 Å². The van der Waals surface area contributed by atoms with Gasteiger partial charge in [-0.2, -0.15) is 0 Å². The molecule has 0 radical (unpaired) electrons. The Kier molecular flexibility index (Phi) is 6.98. The smallest absolute Gasteiger partial charge is 0.352 e. The molecule has 2 aliphatic heterocycles. The Balaban J connectivity index is 1.40. The summed E-state index contributed by atoms with van der Waals surface area (Å²) < 4.78 is 13.1. The molecule has 2 aliphatic rings. The first kappa shape index (κ1) is 23.0. The molecular formula is C19H18N4O5S4. The van der Waals surface area contributed by atoms with Crippen LogP contribution in [0.1, 0.15) is 5.01 Å². The molecule has 0 spiro atoms. The SMILES string of the molecule is Cc1nnc(SCC2=C(C(=O)O)N3C(=O)C(NC(=O)CS(=O)c4ccccc4)[C@@H]3SC2)s1. The summed E-state index contributed by atoms with van der Waals surface area (Å²) in [7, 11) is -1.53. The Morgan fingerprint density at radius 1 is 1.31 bits per heavy atom. The van der Waals surface area contributed by atoms with Crippen LogP contribution in [0.3, 0.4) is 0 Å². The van der Waals surface area contributed by atoms with Gasteiger partial charge in [0.15, 0.2) is 4.34 Å². The van der Waals surface area contributed by atoms with Gasteiger partial charge in [0, 0.05) is 16.4 Å². The summed E-state index contributed by atoms with van der Waals surface area (Å²) in [6.07, 6.45) is 0. The molecule has 4 rings (SSSR count). The molecule has 32 heavy (non-hydrogen) atoms. The van der Waals surface area contributed by atoms with E-state index in [9.17, 15) is 23.7 Å². The maximum Gasteiger partial charge on any atom is 0.352 e. The highest BCUT2D eigenvalue weighted by Crippen LogP contribution is 2.41. The van der Waals surface area contributed by atoms with E-state index in [1.165, 1.54) is 39.8 Å². The third kappa shape index (κ3) is 4.75. The molecule has 1 aromatic heterocycles. The van der Waals surface area contributed by atoms with E-state index < -0.39 is 40.0 Å². The van der Waals surface area contributed by atoms with Crippen LogP contribution in [0, 0.1) is 6.92 Å². The number of amides is 2. The number of nitrogens with one attached hydrogen (secondary N) is 1. The van der Waals surface area contributed by atoms with Crippen LogP contribution in [0.4, 0.5) is 0 Å². The Morgan fingerprint density at radius 2 is 2.06 bits per heavy atom. The first-order valence-corrected chi connectivity index (χ1v) is 13.6. The second-order valence-corrected chi connectivity index (χ2v) is 11.9. The monoisotopic (exact) mass is 510 g/mol. The number of rotatable bonds is 8. The Bertz CT molecular complexity index is 1120. The normalized spacial score (nSPS) is 21.0. The summed E-state index contributed by atoms with van der Waals surface area (Å²) in [5.41, 5.74) is 0.589. The molecule has 9 nitrogen and oxygen atoms in total. The van der Waals surface area contributed by atoms with Crippen molar-refractivity contribution in [2.45, 2.75) is 27.6 Å². The van der Waals surface area contributed by atoms with Crippen LogP contribution in [0.5, 0.6) is 0 Å². The zero-order valence-corrected chi connectivity index (χ0v) is 20.0. The van der Waals surface area contributed by atoms with Gasteiger partial charge < -0.3 is 10.4 Å². The second kappa shape index (κ2) is 9.73. The van der Waals surface area contributed by atoms with E-state index in [0.717, 1.165) is 9.35 Å². The largest absolute Gasteiger partial charge is 0.477 e. The first-order chi connectivity index (χ1) is 15.3. The Hall–Kier alpha value is -2.22. The van der Waals surface area contributed by atoms with Crippen molar-refractivity contribution in [2.24, 2.45) is 0 Å². The number of aryl methyl sites for hydroxylation is 1. The molecule has 168 valence electrons. The Morgan fingerprint density at radius 3 is 2.72 bits per heavy atom. The number of hydrogen-bond donors (Lipinski definition) is 2. The van der Waals surface area contributed by atoms with Gasteiger partial charge in [-0.1, -0.05) is 41.3 Å². The quantitative estimate of drug-likeness (QED) is 0.401. The fourth-order valence-electron chi connectivity index (χ4n) is 3.27. The minimum absolute atomic E-state index is 0.0363. The molecule has 0 bridgehead atoms. The predicted octanol–water partition coefficient (Wildman–Crippen LogP) is 1.49. The number of hydrogen-bond acceptors (Lipinski definition) is 9. The molecule has 0 aliphatic carbocycles. The summed E-state index contributed by atoms with van der Waals surface area (Å²) in [6.45, 7) is 1.84. The zero-order chi connectivity index (χ0) is 22.8. The minimum Gasteiger partial charge on any atom is -0.477 e. The number of thioether (sulfide) groups is 2. The summed E-state index contributed by atoms with van der Waals surface area (Å²) in [5.74, 6) is -1.64. The number of carboxylic acids is 1. The van der Waals surface area contributed by atoms with Crippen molar-refractivity contribution in [1.82, 2.24) is 20.4 Å². The molecule has 0 saturated carbocycles. The van der Waals surface area contributed by atoms with Gasteiger partial charge in [0.1, 0.15) is 27.9 Å². The van der Waals surface area contributed by atoms with Gasteiger partial charge in [0.2, 0.25) is 5.91 Å². The predicted molar refractivity (Wildman–Crippen MR) is 123 cm³/mol. The molecule has 2 aromatic rings. The van der Waals surface area contributed by atoms with Crippen molar-refractivity contribution in [3.05, 3.63) is 46.6 Å². The van der Waals surface area contributed by atoms with Crippen molar-refractivity contribution in [3.8, 4) is 0 Å². The van der Waals surface area contributed by atoms with Crippen LogP contribution in [0.25, 0.3) is 0 Å². The third-order valence-electron chi connectivity index (χ3n) is 4.71. The highest BCUT2D eigenvalue weighted by molar-refractivity contribution is 8.01. The van der Waals surface area contributed by atoms with Crippen LogP contribution < -0.4 is 5.32 Å². The van der Waals surface area contributed by atoms with Gasteiger partial charge in [0.05, 0.1) is 10.8 Å². The molecule has 2 unspecified atom stereocenters. The number of carbonyl (C=O) groups is 3. The minimum atomic E-state index is -1.53. The average Bonchev–Trinajstić information content (AvgIpc) is 3.20. The van der Waals surface area contributed by atoms with Crippen LogP contribution >= 0.6 is 34.9 Å². The number of carbonyl (C=O) groups excluding carboxylic acids is 2. The summed E-state index contributed by atoms with van der Waals surface area (Å²) in [6, 6.07) is 7.76. The van der Waals surface area contributed by atoms with Crippen molar-refractivity contribution >= 4 is 63.4 Å².